The lowest BCUT2D eigenvalue weighted by Crippen LogP contribution is -2.02. The molecule has 0 atom stereocenters. The van der Waals surface area contributed by atoms with Gasteiger partial charge in [-0.15, -0.1) is 0 Å². The summed E-state index contributed by atoms with van der Waals surface area (Å²) >= 11 is 6.66. The maximum Gasteiger partial charge on any atom is 0.141 e. The number of methoxy groups -OCH3 is 2. The second-order valence-corrected chi connectivity index (χ2v) is 6.66. The smallest absolute Gasteiger partial charge is 0.141 e. The van der Waals surface area contributed by atoms with Crippen LogP contribution in [0.3, 0.4) is 0 Å². The minimum absolute atomic E-state index is 0.210. The van der Waals surface area contributed by atoms with Crippen molar-refractivity contribution in [2.75, 3.05) is 14.2 Å². The summed E-state index contributed by atoms with van der Waals surface area (Å²) in [5, 5.41) is 2.61. The first-order chi connectivity index (χ1) is 12.0. The first-order valence-electron chi connectivity index (χ1n) is 8.13. The number of aromatic nitrogens is 2. The van der Waals surface area contributed by atoms with Gasteiger partial charge >= 0.3 is 0 Å². The van der Waals surface area contributed by atoms with Crippen molar-refractivity contribution in [2.45, 2.75) is 26.7 Å². The zero-order chi connectivity index (χ0) is 18.1. The third-order valence-corrected chi connectivity index (χ3v) is 4.62. The number of fused-ring (bicyclic) bond motifs is 1. The zero-order valence-electron chi connectivity index (χ0n) is 15.1. The first-order valence-corrected chi connectivity index (χ1v) is 8.51. The molecule has 0 spiro atoms. The van der Waals surface area contributed by atoms with Crippen LogP contribution in [0, 0.1) is 6.92 Å². The quantitative estimate of drug-likeness (QED) is 0.627. The monoisotopic (exact) mass is 356 g/mol. The van der Waals surface area contributed by atoms with Crippen LogP contribution in [0.1, 0.15) is 31.0 Å². The van der Waals surface area contributed by atoms with Gasteiger partial charge in [-0.05, 0) is 25.0 Å². The molecule has 0 fully saturated rings. The highest BCUT2D eigenvalue weighted by molar-refractivity contribution is 6.35. The summed E-state index contributed by atoms with van der Waals surface area (Å²) in [7, 11) is 3.25. The lowest BCUT2D eigenvalue weighted by atomic mass is 9.93. The highest BCUT2D eigenvalue weighted by atomic mass is 35.5. The Morgan fingerprint density at radius 3 is 2.20 bits per heavy atom. The topological polar surface area (TPSA) is 44.2 Å². The van der Waals surface area contributed by atoms with Gasteiger partial charge in [0, 0.05) is 46.1 Å². The van der Waals surface area contributed by atoms with Crippen molar-refractivity contribution >= 4 is 22.4 Å². The molecule has 0 saturated carbocycles. The average molecular weight is 357 g/mol. The number of nitrogens with zero attached hydrogens (tertiary/aromatic N) is 2. The number of aryl methyl sites for hydroxylation is 1. The Labute approximate surface area is 152 Å². The van der Waals surface area contributed by atoms with Gasteiger partial charge in [0.05, 0.1) is 24.9 Å². The van der Waals surface area contributed by atoms with Gasteiger partial charge in [-0.1, -0.05) is 25.4 Å². The number of benzene rings is 1. The minimum atomic E-state index is 0.210. The van der Waals surface area contributed by atoms with Gasteiger partial charge < -0.3 is 9.47 Å². The minimum Gasteiger partial charge on any atom is -0.496 e. The fourth-order valence-electron chi connectivity index (χ4n) is 3.05. The number of halogens is 1. The maximum atomic E-state index is 6.66. The molecule has 5 heteroatoms. The van der Waals surface area contributed by atoms with E-state index in [1.54, 1.807) is 14.2 Å². The molecule has 3 aromatic rings. The molecule has 0 saturated heterocycles. The van der Waals surface area contributed by atoms with Crippen LogP contribution in [0.2, 0.25) is 5.02 Å². The Morgan fingerprint density at radius 2 is 1.56 bits per heavy atom. The SMILES string of the molecule is COc1cc(OC)c(C(C)C)c(-c2cc3cnc(C)cc3cn2)c1Cl. The van der Waals surface area contributed by atoms with E-state index in [9.17, 15) is 0 Å². The standard InChI is InChI=1S/C20H21ClN2O2/c1-11(2)18-16(24-4)8-17(25-5)20(21)19(18)15-7-14-9-22-12(3)6-13(14)10-23-15/h6-11H,1-5H3. The lowest BCUT2D eigenvalue weighted by molar-refractivity contribution is 0.390. The van der Waals surface area contributed by atoms with Crippen LogP contribution in [-0.2, 0) is 0 Å². The molecule has 0 aliphatic heterocycles. The molecule has 4 nitrogen and oxygen atoms in total. The molecule has 25 heavy (non-hydrogen) atoms. The van der Waals surface area contributed by atoms with Crippen molar-refractivity contribution in [3.63, 3.8) is 0 Å². The van der Waals surface area contributed by atoms with E-state index in [-0.39, 0.29) is 5.92 Å². The van der Waals surface area contributed by atoms with Crippen LogP contribution in [0.25, 0.3) is 22.0 Å². The highest BCUT2D eigenvalue weighted by Crippen LogP contribution is 2.45. The van der Waals surface area contributed by atoms with Gasteiger partial charge in [-0.2, -0.15) is 0 Å². The normalized spacial score (nSPS) is 11.2. The van der Waals surface area contributed by atoms with Gasteiger partial charge in [0.2, 0.25) is 0 Å². The molecule has 0 amide bonds. The van der Waals surface area contributed by atoms with Crippen molar-refractivity contribution in [3.05, 3.63) is 46.9 Å². The van der Waals surface area contributed by atoms with E-state index in [1.807, 2.05) is 37.5 Å². The fourth-order valence-corrected chi connectivity index (χ4v) is 3.38. The third kappa shape index (κ3) is 3.14. The summed E-state index contributed by atoms with van der Waals surface area (Å²) in [6, 6.07) is 5.85. The number of hydrogen-bond donors (Lipinski definition) is 0. The summed E-state index contributed by atoms with van der Waals surface area (Å²) in [5.41, 5.74) is 3.60. The Bertz CT molecular complexity index is 939. The van der Waals surface area contributed by atoms with Crippen molar-refractivity contribution < 1.29 is 9.47 Å². The van der Waals surface area contributed by atoms with Crippen LogP contribution in [0.15, 0.2) is 30.6 Å². The molecule has 2 aromatic heterocycles. The van der Waals surface area contributed by atoms with Crippen molar-refractivity contribution in [3.8, 4) is 22.8 Å². The van der Waals surface area contributed by atoms with Gasteiger partial charge in [-0.3, -0.25) is 9.97 Å². The molecule has 3 rings (SSSR count). The second-order valence-electron chi connectivity index (χ2n) is 6.28. The maximum absolute atomic E-state index is 6.66. The van der Waals surface area contributed by atoms with Gasteiger partial charge in [0.15, 0.2) is 0 Å². The summed E-state index contributed by atoms with van der Waals surface area (Å²) in [4.78, 5) is 9.03. The molecule has 0 unspecified atom stereocenters. The molecule has 1 aromatic carbocycles. The van der Waals surface area contributed by atoms with Crippen molar-refractivity contribution in [1.29, 1.82) is 0 Å². The summed E-state index contributed by atoms with van der Waals surface area (Å²) in [6.45, 7) is 6.18. The summed E-state index contributed by atoms with van der Waals surface area (Å²) < 4.78 is 11.0. The molecule has 2 heterocycles. The molecular weight excluding hydrogens is 336 g/mol. The number of pyridine rings is 2. The Balaban J connectivity index is 2.33. The van der Waals surface area contributed by atoms with Gasteiger partial charge in [-0.25, -0.2) is 0 Å². The van der Waals surface area contributed by atoms with E-state index in [4.69, 9.17) is 21.1 Å². The van der Waals surface area contributed by atoms with E-state index >= 15 is 0 Å². The number of ether oxygens (including phenoxy) is 2. The molecule has 130 valence electrons. The largest absolute Gasteiger partial charge is 0.496 e. The van der Waals surface area contributed by atoms with E-state index in [1.165, 1.54) is 0 Å². The Hall–Kier alpha value is -2.33. The number of hydrogen-bond acceptors (Lipinski definition) is 4. The molecule has 0 aliphatic carbocycles. The first kappa shape index (κ1) is 17.5. The van der Waals surface area contributed by atoms with E-state index in [0.717, 1.165) is 39.0 Å². The van der Waals surface area contributed by atoms with Crippen LogP contribution in [0.4, 0.5) is 0 Å². The zero-order valence-corrected chi connectivity index (χ0v) is 15.8. The third-order valence-electron chi connectivity index (χ3n) is 4.25. The predicted octanol–water partition coefficient (Wildman–Crippen LogP) is 5.40. The van der Waals surface area contributed by atoms with E-state index in [2.05, 4.69) is 23.8 Å². The molecule has 0 bridgehead atoms. The molecule has 0 aliphatic rings. The fraction of sp³-hybridized carbons (Fsp3) is 0.300. The molecular formula is C20H21ClN2O2. The lowest BCUT2D eigenvalue weighted by Gasteiger charge is -2.20. The van der Waals surface area contributed by atoms with Crippen molar-refractivity contribution in [1.82, 2.24) is 9.97 Å². The van der Waals surface area contributed by atoms with Gasteiger partial charge in [0.25, 0.3) is 0 Å². The average Bonchev–Trinajstić information content (AvgIpc) is 2.60. The molecule has 0 radical (unpaired) electrons. The van der Waals surface area contributed by atoms with E-state index < -0.39 is 0 Å². The summed E-state index contributed by atoms with van der Waals surface area (Å²) in [6.07, 6.45) is 3.71. The molecule has 0 N–H and O–H groups in total. The highest BCUT2D eigenvalue weighted by Gasteiger charge is 2.22. The van der Waals surface area contributed by atoms with Gasteiger partial charge in [0.1, 0.15) is 11.5 Å². The van der Waals surface area contributed by atoms with Crippen LogP contribution >= 0.6 is 11.6 Å². The van der Waals surface area contributed by atoms with Crippen LogP contribution in [-0.4, -0.2) is 24.2 Å². The number of rotatable bonds is 4. The van der Waals surface area contributed by atoms with Crippen LogP contribution < -0.4 is 9.47 Å². The predicted molar refractivity (Wildman–Crippen MR) is 102 cm³/mol. The van der Waals surface area contributed by atoms with Crippen molar-refractivity contribution in [2.24, 2.45) is 0 Å². The second kappa shape index (κ2) is 6.89. The van der Waals surface area contributed by atoms with Crippen LogP contribution in [0.5, 0.6) is 11.5 Å². The Kier molecular flexibility index (Phi) is 4.82. The Morgan fingerprint density at radius 1 is 0.920 bits per heavy atom. The summed E-state index contributed by atoms with van der Waals surface area (Å²) in [5.74, 6) is 1.53. The van der Waals surface area contributed by atoms with E-state index in [0.29, 0.717) is 10.8 Å².